The highest BCUT2D eigenvalue weighted by atomic mass is 16.5. The van der Waals surface area contributed by atoms with E-state index < -0.39 is 0 Å². The molecule has 0 N–H and O–H groups in total. The van der Waals surface area contributed by atoms with Gasteiger partial charge in [-0.25, -0.2) is 0 Å². The number of pyridine rings is 1. The second-order valence-corrected chi connectivity index (χ2v) is 6.13. The number of benzene rings is 1. The number of para-hydroxylation sites is 1. The lowest BCUT2D eigenvalue weighted by Gasteiger charge is -2.31. The minimum absolute atomic E-state index is 0.732. The highest BCUT2D eigenvalue weighted by molar-refractivity contribution is 5.96. The Labute approximate surface area is 119 Å². The SMILES string of the molecule is COc1cccc2c(N3CC4CCC3C4)c(C)cnc12. The minimum atomic E-state index is 0.732. The zero-order valence-electron chi connectivity index (χ0n) is 12.1. The van der Waals surface area contributed by atoms with E-state index in [9.17, 15) is 0 Å². The molecule has 1 aliphatic carbocycles. The Bertz CT molecular complexity index is 667. The molecule has 20 heavy (non-hydrogen) atoms. The van der Waals surface area contributed by atoms with Crippen molar-refractivity contribution in [2.24, 2.45) is 5.92 Å². The number of hydrogen-bond donors (Lipinski definition) is 0. The zero-order valence-corrected chi connectivity index (χ0v) is 12.1. The van der Waals surface area contributed by atoms with E-state index in [1.807, 2.05) is 12.3 Å². The van der Waals surface area contributed by atoms with Crippen molar-refractivity contribution in [3.05, 3.63) is 30.0 Å². The number of piperidine rings is 1. The van der Waals surface area contributed by atoms with Crippen molar-refractivity contribution in [1.29, 1.82) is 0 Å². The third kappa shape index (κ3) is 1.62. The first-order valence-electron chi connectivity index (χ1n) is 7.47. The van der Waals surface area contributed by atoms with Gasteiger partial charge in [0.15, 0.2) is 0 Å². The Hall–Kier alpha value is -1.77. The quantitative estimate of drug-likeness (QED) is 0.833. The summed E-state index contributed by atoms with van der Waals surface area (Å²) in [6, 6.07) is 6.97. The number of nitrogens with zero attached hydrogens (tertiary/aromatic N) is 2. The van der Waals surface area contributed by atoms with E-state index in [1.54, 1.807) is 7.11 Å². The molecule has 1 aliphatic heterocycles. The molecule has 2 unspecified atom stereocenters. The van der Waals surface area contributed by atoms with Crippen LogP contribution in [-0.4, -0.2) is 24.7 Å². The maximum Gasteiger partial charge on any atom is 0.145 e. The first-order valence-corrected chi connectivity index (χ1v) is 7.47. The van der Waals surface area contributed by atoms with Crippen LogP contribution >= 0.6 is 0 Å². The number of methoxy groups -OCH3 is 1. The Balaban J connectivity index is 1.92. The first-order chi connectivity index (χ1) is 9.78. The van der Waals surface area contributed by atoms with Crippen LogP contribution < -0.4 is 9.64 Å². The van der Waals surface area contributed by atoms with E-state index in [2.05, 4.69) is 28.9 Å². The van der Waals surface area contributed by atoms with Crippen molar-refractivity contribution >= 4 is 16.6 Å². The van der Waals surface area contributed by atoms with Crippen LogP contribution in [0.4, 0.5) is 5.69 Å². The third-order valence-electron chi connectivity index (χ3n) is 4.93. The molecule has 2 fully saturated rings. The van der Waals surface area contributed by atoms with Gasteiger partial charge in [-0.3, -0.25) is 4.98 Å². The molecule has 1 saturated heterocycles. The second-order valence-electron chi connectivity index (χ2n) is 6.13. The minimum Gasteiger partial charge on any atom is -0.494 e. The van der Waals surface area contributed by atoms with E-state index in [4.69, 9.17) is 4.74 Å². The monoisotopic (exact) mass is 268 g/mol. The summed E-state index contributed by atoms with van der Waals surface area (Å²) in [6.45, 7) is 3.38. The van der Waals surface area contributed by atoms with E-state index in [-0.39, 0.29) is 0 Å². The standard InChI is InChI=1S/C17H20N2O/c1-11-9-18-16-14(4-3-5-15(16)20-2)17(11)19-10-12-6-7-13(19)8-12/h3-5,9,12-13H,6-8,10H2,1-2H3. The Morgan fingerprint density at radius 2 is 2.20 bits per heavy atom. The lowest BCUT2D eigenvalue weighted by molar-refractivity contribution is 0.419. The van der Waals surface area contributed by atoms with Crippen molar-refractivity contribution < 1.29 is 4.74 Å². The smallest absolute Gasteiger partial charge is 0.145 e. The summed E-state index contributed by atoms with van der Waals surface area (Å²) >= 11 is 0. The molecule has 3 nitrogen and oxygen atoms in total. The molecule has 0 radical (unpaired) electrons. The third-order valence-corrected chi connectivity index (χ3v) is 4.93. The van der Waals surface area contributed by atoms with Gasteiger partial charge in [-0.05, 0) is 43.7 Å². The van der Waals surface area contributed by atoms with Gasteiger partial charge in [-0.1, -0.05) is 12.1 Å². The molecule has 2 aromatic rings. The van der Waals surface area contributed by atoms with Crippen molar-refractivity contribution in [3.8, 4) is 5.75 Å². The van der Waals surface area contributed by atoms with Gasteiger partial charge in [0.05, 0.1) is 12.8 Å². The van der Waals surface area contributed by atoms with Crippen LogP contribution in [0.25, 0.3) is 10.9 Å². The summed E-state index contributed by atoms with van der Waals surface area (Å²) in [5, 5.41) is 1.23. The Morgan fingerprint density at radius 3 is 2.90 bits per heavy atom. The first kappa shape index (κ1) is 12.0. The largest absolute Gasteiger partial charge is 0.494 e. The van der Waals surface area contributed by atoms with Gasteiger partial charge in [-0.2, -0.15) is 0 Å². The average Bonchev–Trinajstić information content (AvgIpc) is 3.09. The van der Waals surface area contributed by atoms with Crippen molar-refractivity contribution in [2.45, 2.75) is 32.2 Å². The highest BCUT2D eigenvalue weighted by Crippen LogP contribution is 2.44. The summed E-state index contributed by atoms with van der Waals surface area (Å²) in [6.07, 6.45) is 6.11. The van der Waals surface area contributed by atoms with Crippen LogP contribution in [0.1, 0.15) is 24.8 Å². The van der Waals surface area contributed by atoms with Crippen LogP contribution in [0.3, 0.4) is 0 Å². The van der Waals surface area contributed by atoms with Crippen LogP contribution in [0.15, 0.2) is 24.4 Å². The number of anilines is 1. The van der Waals surface area contributed by atoms with Crippen LogP contribution in [0.2, 0.25) is 0 Å². The summed E-state index contributed by atoms with van der Waals surface area (Å²) in [5.74, 6) is 1.77. The van der Waals surface area contributed by atoms with Gasteiger partial charge in [0.25, 0.3) is 0 Å². The van der Waals surface area contributed by atoms with Crippen LogP contribution in [-0.2, 0) is 0 Å². The van der Waals surface area contributed by atoms with Crippen molar-refractivity contribution in [3.63, 3.8) is 0 Å². The van der Waals surface area contributed by atoms with Gasteiger partial charge >= 0.3 is 0 Å². The fourth-order valence-electron chi connectivity index (χ4n) is 4.03. The van der Waals surface area contributed by atoms with Gasteiger partial charge in [-0.15, -0.1) is 0 Å². The lowest BCUT2D eigenvalue weighted by atomic mass is 10.0. The van der Waals surface area contributed by atoms with E-state index in [0.717, 1.165) is 23.2 Å². The molecule has 4 rings (SSSR count). The maximum absolute atomic E-state index is 5.47. The Kier molecular flexibility index (Phi) is 2.62. The molecular formula is C17H20N2O. The highest BCUT2D eigenvalue weighted by Gasteiger charge is 2.38. The van der Waals surface area contributed by atoms with E-state index in [0.29, 0.717) is 0 Å². The van der Waals surface area contributed by atoms with Crippen LogP contribution in [0, 0.1) is 12.8 Å². The molecule has 1 saturated carbocycles. The van der Waals surface area contributed by atoms with Crippen molar-refractivity contribution in [2.75, 3.05) is 18.6 Å². The lowest BCUT2D eigenvalue weighted by Crippen LogP contribution is -2.32. The molecule has 2 atom stereocenters. The molecule has 3 heteroatoms. The van der Waals surface area contributed by atoms with Gasteiger partial charge < -0.3 is 9.64 Å². The molecule has 0 spiro atoms. The molecule has 2 heterocycles. The number of hydrogen-bond acceptors (Lipinski definition) is 3. The van der Waals surface area contributed by atoms with E-state index in [1.165, 1.54) is 42.4 Å². The van der Waals surface area contributed by atoms with Gasteiger partial charge in [0, 0.05) is 24.2 Å². The van der Waals surface area contributed by atoms with E-state index >= 15 is 0 Å². The fourth-order valence-corrected chi connectivity index (χ4v) is 4.03. The number of ether oxygens (including phenoxy) is 1. The fraction of sp³-hybridized carbons (Fsp3) is 0.471. The molecule has 1 aromatic carbocycles. The maximum atomic E-state index is 5.47. The molecule has 2 bridgehead atoms. The molecular weight excluding hydrogens is 248 g/mol. The molecule has 0 amide bonds. The second kappa shape index (κ2) is 4.37. The molecule has 104 valence electrons. The number of aromatic nitrogens is 1. The summed E-state index contributed by atoms with van der Waals surface area (Å²) in [4.78, 5) is 7.21. The predicted octanol–water partition coefficient (Wildman–Crippen LogP) is 3.54. The van der Waals surface area contributed by atoms with Crippen molar-refractivity contribution in [1.82, 2.24) is 4.98 Å². The Morgan fingerprint density at radius 1 is 1.30 bits per heavy atom. The number of aryl methyl sites for hydroxylation is 1. The predicted molar refractivity (Wildman–Crippen MR) is 81.5 cm³/mol. The van der Waals surface area contributed by atoms with Gasteiger partial charge in [0.1, 0.15) is 11.3 Å². The number of rotatable bonds is 2. The summed E-state index contributed by atoms with van der Waals surface area (Å²) in [5.41, 5.74) is 3.64. The number of fused-ring (bicyclic) bond motifs is 3. The van der Waals surface area contributed by atoms with Crippen LogP contribution in [0.5, 0.6) is 5.75 Å². The summed E-state index contributed by atoms with van der Waals surface area (Å²) < 4.78 is 5.47. The average molecular weight is 268 g/mol. The topological polar surface area (TPSA) is 25.4 Å². The summed E-state index contributed by atoms with van der Waals surface area (Å²) in [7, 11) is 1.72. The normalized spacial score (nSPS) is 24.6. The zero-order chi connectivity index (χ0) is 13.7. The molecule has 2 aliphatic rings. The molecule has 1 aromatic heterocycles. The van der Waals surface area contributed by atoms with Gasteiger partial charge in [0.2, 0.25) is 0 Å².